The monoisotopic (exact) mass is 252 g/mol. The number of benzene rings is 1. The Morgan fingerprint density at radius 3 is 2.35 bits per heavy atom. The third kappa shape index (κ3) is 3.25. The molecule has 0 fully saturated rings. The van der Waals surface area contributed by atoms with Gasteiger partial charge in [0.25, 0.3) is 6.43 Å². The van der Waals surface area contributed by atoms with Gasteiger partial charge in [0.15, 0.2) is 0 Å². The molecule has 1 rings (SSSR count). The highest BCUT2D eigenvalue weighted by Gasteiger charge is 2.37. The van der Waals surface area contributed by atoms with Crippen molar-refractivity contribution in [1.82, 2.24) is 0 Å². The smallest absolute Gasteiger partial charge is 0.303 e. The van der Waals surface area contributed by atoms with E-state index in [2.05, 4.69) is 0 Å². The maximum atomic E-state index is 12.7. The summed E-state index contributed by atoms with van der Waals surface area (Å²) in [5.74, 6) is 0. The fraction of sp³-hybridized carbons (Fsp3) is 0.364. The normalized spacial score (nSPS) is 11.9. The van der Waals surface area contributed by atoms with Gasteiger partial charge in [-0.3, -0.25) is 0 Å². The average Bonchev–Trinajstić information content (AvgIpc) is 2.24. The minimum absolute atomic E-state index is 0.129. The Labute approximate surface area is 94.2 Å². The van der Waals surface area contributed by atoms with Crippen LogP contribution in [-0.4, -0.2) is 6.29 Å². The van der Waals surface area contributed by atoms with Crippen LogP contribution in [0.2, 0.25) is 0 Å². The Balaban J connectivity index is 3.29. The Kier molecular flexibility index (Phi) is 4.20. The van der Waals surface area contributed by atoms with E-state index < -0.39 is 23.7 Å². The highest BCUT2D eigenvalue weighted by Crippen LogP contribution is 2.38. The van der Waals surface area contributed by atoms with Crippen molar-refractivity contribution in [1.29, 1.82) is 0 Å². The second-order valence-corrected chi connectivity index (χ2v) is 3.39. The van der Waals surface area contributed by atoms with Crippen LogP contribution in [0.15, 0.2) is 18.2 Å². The van der Waals surface area contributed by atoms with E-state index in [0.29, 0.717) is 6.29 Å². The number of aldehydes is 1. The molecular weight excluding hydrogens is 243 g/mol. The minimum atomic E-state index is -4.84. The molecule has 6 heteroatoms. The average molecular weight is 252 g/mol. The van der Waals surface area contributed by atoms with Gasteiger partial charge in [-0.25, -0.2) is 8.78 Å². The largest absolute Gasteiger partial charge is 0.417 e. The van der Waals surface area contributed by atoms with E-state index in [9.17, 15) is 26.7 Å². The van der Waals surface area contributed by atoms with Crippen molar-refractivity contribution in [2.75, 3.05) is 0 Å². The predicted octanol–water partition coefficient (Wildman–Crippen LogP) is 3.77. The zero-order valence-electron chi connectivity index (χ0n) is 8.60. The lowest BCUT2D eigenvalue weighted by molar-refractivity contribution is -0.140. The Morgan fingerprint density at radius 1 is 1.24 bits per heavy atom. The third-order valence-electron chi connectivity index (χ3n) is 2.23. The van der Waals surface area contributed by atoms with Gasteiger partial charge in [-0.15, -0.1) is 0 Å². The summed E-state index contributed by atoms with van der Waals surface area (Å²) in [7, 11) is 0. The molecule has 0 N–H and O–H groups in total. The lowest BCUT2D eigenvalue weighted by Crippen LogP contribution is -2.13. The van der Waals surface area contributed by atoms with Gasteiger partial charge in [-0.2, -0.15) is 13.2 Å². The SMILES string of the molecule is O=CCCc1cccc(C(F)F)c1C(F)(F)F. The molecule has 0 saturated carbocycles. The summed E-state index contributed by atoms with van der Waals surface area (Å²) in [4.78, 5) is 10.1. The van der Waals surface area contributed by atoms with E-state index in [1.165, 1.54) is 0 Å². The van der Waals surface area contributed by atoms with Crippen molar-refractivity contribution in [3.8, 4) is 0 Å². The van der Waals surface area contributed by atoms with Crippen LogP contribution in [0.1, 0.15) is 29.5 Å². The molecule has 0 heterocycles. The predicted molar refractivity (Wildman–Crippen MR) is 50.8 cm³/mol. The lowest BCUT2D eigenvalue weighted by Gasteiger charge is -2.16. The first kappa shape index (κ1) is 13.6. The van der Waals surface area contributed by atoms with E-state index in [1.54, 1.807) is 0 Å². The summed E-state index contributed by atoms with van der Waals surface area (Å²) >= 11 is 0. The molecule has 94 valence electrons. The van der Waals surface area contributed by atoms with E-state index in [0.717, 1.165) is 18.2 Å². The lowest BCUT2D eigenvalue weighted by atomic mass is 9.97. The van der Waals surface area contributed by atoms with Crippen LogP contribution >= 0.6 is 0 Å². The Morgan fingerprint density at radius 2 is 1.88 bits per heavy atom. The molecule has 0 aromatic heterocycles. The van der Waals surface area contributed by atoms with Gasteiger partial charge >= 0.3 is 6.18 Å². The van der Waals surface area contributed by atoms with Crippen LogP contribution < -0.4 is 0 Å². The standard InChI is InChI=1S/C11H9F5O/c12-10(13)8-5-1-3-7(4-2-6-17)9(8)11(14,15)16/h1,3,5-6,10H,2,4H2. The molecule has 1 aromatic rings. The van der Waals surface area contributed by atoms with E-state index in [4.69, 9.17) is 0 Å². The molecule has 0 aliphatic heterocycles. The number of carbonyl (C=O) groups is 1. The van der Waals surface area contributed by atoms with Gasteiger partial charge in [-0.05, 0) is 12.0 Å². The van der Waals surface area contributed by atoms with Gasteiger partial charge in [0.05, 0.1) is 5.56 Å². The quantitative estimate of drug-likeness (QED) is 0.588. The fourth-order valence-corrected chi connectivity index (χ4v) is 1.57. The van der Waals surface area contributed by atoms with Crippen molar-refractivity contribution in [2.45, 2.75) is 25.4 Å². The van der Waals surface area contributed by atoms with E-state index >= 15 is 0 Å². The van der Waals surface area contributed by atoms with Gasteiger partial charge in [0.2, 0.25) is 0 Å². The number of hydrogen-bond acceptors (Lipinski definition) is 1. The van der Waals surface area contributed by atoms with Crippen molar-refractivity contribution < 1.29 is 26.7 Å². The molecule has 1 aromatic carbocycles. The zero-order chi connectivity index (χ0) is 13.1. The van der Waals surface area contributed by atoms with Crippen LogP contribution in [0.3, 0.4) is 0 Å². The molecule has 0 bridgehead atoms. The number of alkyl halides is 5. The molecule has 0 saturated heterocycles. The molecule has 0 amide bonds. The van der Waals surface area contributed by atoms with Gasteiger partial charge in [0.1, 0.15) is 6.29 Å². The topological polar surface area (TPSA) is 17.1 Å². The first-order valence-corrected chi connectivity index (χ1v) is 4.78. The molecule has 0 unspecified atom stereocenters. The zero-order valence-corrected chi connectivity index (χ0v) is 8.60. The minimum Gasteiger partial charge on any atom is -0.303 e. The molecule has 0 atom stereocenters. The third-order valence-corrected chi connectivity index (χ3v) is 2.23. The molecule has 0 aliphatic carbocycles. The van der Waals surface area contributed by atoms with Gasteiger partial charge < -0.3 is 4.79 Å². The number of carbonyl (C=O) groups excluding carboxylic acids is 1. The van der Waals surface area contributed by atoms with Crippen molar-refractivity contribution in [3.05, 3.63) is 34.9 Å². The maximum absolute atomic E-state index is 12.7. The van der Waals surface area contributed by atoms with Crippen molar-refractivity contribution in [2.24, 2.45) is 0 Å². The number of rotatable bonds is 4. The first-order valence-electron chi connectivity index (χ1n) is 4.78. The highest BCUT2D eigenvalue weighted by molar-refractivity contribution is 5.51. The van der Waals surface area contributed by atoms with Gasteiger partial charge in [0, 0.05) is 12.0 Å². The second-order valence-electron chi connectivity index (χ2n) is 3.39. The van der Waals surface area contributed by atoms with Crippen LogP contribution in [0.5, 0.6) is 0 Å². The molecule has 0 aliphatic rings. The summed E-state index contributed by atoms with van der Waals surface area (Å²) in [6.07, 6.45) is -7.91. The van der Waals surface area contributed by atoms with E-state index in [-0.39, 0.29) is 18.4 Å². The number of hydrogen-bond donors (Lipinski definition) is 0. The van der Waals surface area contributed by atoms with Crippen LogP contribution in [0.25, 0.3) is 0 Å². The van der Waals surface area contributed by atoms with E-state index in [1.807, 2.05) is 0 Å². The highest BCUT2D eigenvalue weighted by atomic mass is 19.4. The van der Waals surface area contributed by atoms with Gasteiger partial charge in [-0.1, -0.05) is 18.2 Å². The number of aryl methyl sites for hydroxylation is 1. The summed E-state index contributed by atoms with van der Waals surface area (Å²) in [6, 6.07) is 2.99. The maximum Gasteiger partial charge on any atom is 0.417 e. The number of halogens is 5. The second kappa shape index (κ2) is 5.25. The Bertz CT molecular complexity index is 397. The summed E-state index contributed by atoms with van der Waals surface area (Å²) in [5.41, 5.74) is -2.64. The van der Waals surface area contributed by atoms with Crippen LogP contribution in [0.4, 0.5) is 22.0 Å². The molecule has 1 nitrogen and oxygen atoms in total. The van der Waals surface area contributed by atoms with Crippen LogP contribution in [0, 0.1) is 0 Å². The van der Waals surface area contributed by atoms with Crippen molar-refractivity contribution in [3.63, 3.8) is 0 Å². The van der Waals surface area contributed by atoms with Crippen molar-refractivity contribution >= 4 is 6.29 Å². The Hall–Kier alpha value is -1.46. The summed E-state index contributed by atoms with van der Waals surface area (Å²) in [6.45, 7) is 0. The molecule has 0 radical (unpaired) electrons. The molecule has 0 spiro atoms. The molecular formula is C11H9F5O. The molecule has 17 heavy (non-hydrogen) atoms. The summed E-state index contributed by atoms with van der Waals surface area (Å²) < 4.78 is 63.0. The first-order chi connectivity index (χ1) is 7.88. The van der Waals surface area contributed by atoms with Crippen LogP contribution in [-0.2, 0) is 17.4 Å². The summed E-state index contributed by atoms with van der Waals surface area (Å²) in [5, 5.41) is 0. The fourth-order valence-electron chi connectivity index (χ4n) is 1.57.